The van der Waals surface area contributed by atoms with E-state index in [-0.39, 0.29) is 0 Å². The Morgan fingerprint density at radius 2 is 2.12 bits per heavy atom. The number of fused-ring (bicyclic) bond motifs is 1. The van der Waals surface area contributed by atoms with E-state index in [4.69, 9.17) is 0 Å². The molecule has 0 aliphatic heterocycles. The topological polar surface area (TPSA) is 12.0 Å². The minimum Gasteiger partial charge on any atom is -0.320 e. The molecule has 1 nitrogen and oxygen atoms in total. The summed E-state index contributed by atoms with van der Waals surface area (Å²) < 4.78 is 2.61. The van der Waals surface area contributed by atoms with Crippen molar-refractivity contribution in [3.8, 4) is 0 Å². The van der Waals surface area contributed by atoms with Crippen molar-refractivity contribution in [1.82, 2.24) is 5.32 Å². The third kappa shape index (κ3) is 3.30. The van der Waals surface area contributed by atoms with Crippen LogP contribution in [0.5, 0.6) is 0 Å². The first-order chi connectivity index (χ1) is 8.33. The zero-order valence-electron chi connectivity index (χ0n) is 10.1. The highest BCUT2D eigenvalue weighted by Crippen LogP contribution is 2.32. The second kappa shape index (κ2) is 6.53. The summed E-state index contributed by atoms with van der Waals surface area (Å²) >= 11 is 5.46. The molecule has 0 bridgehead atoms. The van der Waals surface area contributed by atoms with E-state index in [9.17, 15) is 0 Å². The van der Waals surface area contributed by atoms with Crippen LogP contribution in [0.3, 0.4) is 0 Å². The highest BCUT2D eigenvalue weighted by molar-refractivity contribution is 9.10. The molecule has 2 rings (SSSR count). The maximum Gasteiger partial charge on any atom is 0.0487 e. The lowest BCUT2D eigenvalue weighted by molar-refractivity contribution is 0.644. The zero-order valence-corrected chi connectivity index (χ0v) is 12.5. The first kappa shape index (κ1) is 13.1. The van der Waals surface area contributed by atoms with Gasteiger partial charge >= 0.3 is 0 Å². The molecule has 1 heterocycles. The molecule has 0 saturated heterocycles. The zero-order chi connectivity index (χ0) is 12.1. The number of unbranched alkanes of at least 4 members (excludes halogenated alkanes) is 2. The third-order valence-electron chi connectivity index (χ3n) is 3.00. The SMILES string of the molecule is CNCCCCCc1csc2c(Br)cccc12. The molecule has 0 amide bonds. The maximum atomic E-state index is 3.61. The van der Waals surface area contributed by atoms with Gasteiger partial charge in [-0.2, -0.15) is 0 Å². The van der Waals surface area contributed by atoms with Crippen molar-refractivity contribution < 1.29 is 0 Å². The van der Waals surface area contributed by atoms with E-state index in [1.807, 2.05) is 18.4 Å². The molecule has 17 heavy (non-hydrogen) atoms. The lowest BCUT2D eigenvalue weighted by atomic mass is 10.1. The van der Waals surface area contributed by atoms with Crippen molar-refractivity contribution in [2.24, 2.45) is 0 Å². The quantitative estimate of drug-likeness (QED) is 0.769. The summed E-state index contributed by atoms with van der Waals surface area (Å²) in [5.41, 5.74) is 1.51. The number of thiophene rings is 1. The van der Waals surface area contributed by atoms with Gasteiger partial charge in [0.25, 0.3) is 0 Å². The number of hydrogen-bond donors (Lipinski definition) is 1. The molecule has 0 radical (unpaired) electrons. The Hall–Kier alpha value is -0.380. The molecule has 2 aromatic rings. The summed E-state index contributed by atoms with van der Waals surface area (Å²) in [5.74, 6) is 0. The van der Waals surface area contributed by atoms with Gasteiger partial charge in [0.05, 0.1) is 0 Å². The molecular formula is C14H18BrNS. The van der Waals surface area contributed by atoms with Gasteiger partial charge in [0.15, 0.2) is 0 Å². The van der Waals surface area contributed by atoms with Crippen molar-refractivity contribution in [2.75, 3.05) is 13.6 Å². The average molecular weight is 312 g/mol. The fraction of sp³-hybridized carbons (Fsp3) is 0.429. The summed E-state index contributed by atoms with van der Waals surface area (Å²) in [4.78, 5) is 0. The Morgan fingerprint density at radius 1 is 1.24 bits per heavy atom. The van der Waals surface area contributed by atoms with Gasteiger partial charge in [-0.25, -0.2) is 0 Å². The minimum absolute atomic E-state index is 1.13. The first-order valence-corrected chi connectivity index (χ1v) is 7.79. The van der Waals surface area contributed by atoms with E-state index in [2.05, 4.69) is 44.8 Å². The summed E-state index contributed by atoms with van der Waals surface area (Å²) in [6.07, 6.45) is 5.09. The van der Waals surface area contributed by atoms with Gasteiger partial charge in [-0.3, -0.25) is 0 Å². The molecule has 3 heteroatoms. The summed E-state index contributed by atoms with van der Waals surface area (Å²) in [6.45, 7) is 1.13. The molecule has 0 aliphatic rings. The van der Waals surface area contributed by atoms with Crippen molar-refractivity contribution in [1.29, 1.82) is 0 Å². The summed E-state index contributed by atoms with van der Waals surface area (Å²) in [6, 6.07) is 6.48. The Kier molecular flexibility index (Phi) is 5.01. The van der Waals surface area contributed by atoms with Gasteiger partial charge in [0.1, 0.15) is 0 Å². The van der Waals surface area contributed by atoms with Crippen molar-refractivity contribution in [2.45, 2.75) is 25.7 Å². The molecule has 1 aromatic heterocycles. The second-order valence-electron chi connectivity index (χ2n) is 4.29. The molecule has 1 N–H and O–H groups in total. The molecule has 0 atom stereocenters. The largest absolute Gasteiger partial charge is 0.320 e. The van der Waals surface area contributed by atoms with Crippen LogP contribution in [0.2, 0.25) is 0 Å². The van der Waals surface area contributed by atoms with Crippen LogP contribution in [0.1, 0.15) is 24.8 Å². The van der Waals surface area contributed by atoms with E-state index >= 15 is 0 Å². The van der Waals surface area contributed by atoms with Gasteiger partial charge in [0.2, 0.25) is 0 Å². The van der Waals surface area contributed by atoms with E-state index in [1.54, 1.807) is 0 Å². The van der Waals surface area contributed by atoms with E-state index in [0.29, 0.717) is 0 Å². The Morgan fingerprint density at radius 3 is 2.94 bits per heavy atom. The second-order valence-corrected chi connectivity index (χ2v) is 6.03. The molecule has 92 valence electrons. The van der Waals surface area contributed by atoms with Crippen LogP contribution in [0.15, 0.2) is 28.1 Å². The minimum atomic E-state index is 1.13. The third-order valence-corrected chi connectivity index (χ3v) is 5.01. The molecule has 1 aromatic carbocycles. The van der Waals surface area contributed by atoms with E-state index < -0.39 is 0 Å². The number of benzene rings is 1. The van der Waals surface area contributed by atoms with E-state index in [0.717, 1.165) is 6.54 Å². The number of aryl methyl sites for hydroxylation is 1. The Labute approximate surface area is 115 Å². The van der Waals surface area contributed by atoms with Gasteiger partial charge in [-0.1, -0.05) is 18.6 Å². The Bertz CT molecular complexity index is 478. The fourth-order valence-corrected chi connectivity index (χ4v) is 3.72. The Balaban J connectivity index is 1.97. The van der Waals surface area contributed by atoms with E-state index in [1.165, 1.54) is 45.8 Å². The van der Waals surface area contributed by atoms with Crippen LogP contribution < -0.4 is 5.32 Å². The first-order valence-electron chi connectivity index (χ1n) is 6.12. The van der Waals surface area contributed by atoms with Crippen molar-refractivity contribution in [3.05, 3.63) is 33.6 Å². The normalized spacial score (nSPS) is 11.2. The van der Waals surface area contributed by atoms with Crippen molar-refractivity contribution in [3.63, 3.8) is 0 Å². The molecule has 0 unspecified atom stereocenters. The number of nitrogens with one attached hydrogen (secondary N) is 1. The van der Waals surface area contributed by atoms with Gasteiger partial charge < -0.3 is 5.32 Å². The van der Waals surface area contributed by atoms with Crippen LogP contribution in [-0.4, -0.2) is 13.6 Å². The van der Waals surface area contributed by atoms with Crippen LogP contribution in [-0.2, 0) is 6.42 Å². The fourth-order valence-electron chi connectivity index (χ4n) is 2.06. The van der Waals surface area contributed by atoms with Crippen LogP contribution in [0, 0.1) is 0 Å². The predicted molar refractivity (Wildman–Crippen MR) is 81.0 cm³/mol. The standard InChI is InChI=1S/C14H18BrNS/c1-16-9-4-2-3-6-11-10-17-14-12(11)7-5-8-13(14)15/h5,7-8,10,16H,2-4,6,9H2,1H3. The summed E-state index contributed by atoms with van der Waals surface area (Å²) in [7, 11) is 2.02. The monoisotopic (exact) mass is 311 g/mol. The van der Waals surface area contributed by atoms with Crippen LogP contribution in [0.4, 0.5) is 0 Å². The smallest absolute Gasteiger partial charge is 0.0487 e. The number of halogens is 1. The van der Waals surface area contributed by atoms with Gasteiger partial charge in [-0.05, 0) is 71.2 Å². The predicted octanol–water partition coefficient (Wildman–Crippen LogP) is 4.60. The lowest BCUT2D eigenvalue weighted by Gasteiger charge is -2.01. The molecule has 0 spiro atoms. The number of hydrogen-bond acceptors (Lipinski definition) is 2. The van der Waals surface area contributed by atoms with Gasteiger partial charge in [0, 0.05) is 9.17 Å². The molecule has 0 saturated carbocycles. The maximum absolute atomic E-state index is 3.61. The molecular weight excluding hydrogens is 294 g/mol. The highest BCUT2D eigenvalue weighted by atomic mass is 79.9. The average Bonchev–Trinajstić information content (AvgIpc) is 2.74. The number of rotatable bonds is 6. The van der Waals surface area contributed by atoms with Crippen LogP contribution in [0.25, 0.3) is 10.1 Å². The molecule has 0 aliphatic carbocycles. The van der Waals surface area contributed by atoms with Crippen molar-refractivity contribution >= 4 is 37.4 Å². The lowest BCUT2D eigenvalue weighted by Crippen LogP contribution is -2.07. The van der Waals surface area contributed by atoms with Crippen LogP contribution >= 0.6 is 27.3 Å². The molecule has 0 fully saturated rings. The summed E-state index contributed by atoms with van der Waals surface area (Å²) in [5, 5.41) is 6.94. The van der Waals surface area contributed by atoms with Gasteiger partial charge in [-0.15, -0.1) is 11.3 Å². The highest BCUT2D eigenvalue weighted by Gasteiger charge is 2.05.